The summed E-state index contributed by atoms with van der Waals surface area (Å²) < 4.78 is 0. The van der Waals surface area contributed by atoms with Crippen molar-refractivity contribution in [2.45, 2.75) is 37.8 Å². The van der Waals surface area contributed by atoms with Gasteiger partial charge in [-0.15, -0.1) is 0 Å². The molecule has 0 radical (unpaired) electrons. The van der Waals surface area contributed by atoms with Gasteiger partial charge in [0, 0.05) is 23.5 Å². The second-order valence-corrected chi connectivity index (χ2v) is 6.63. The molecule has 1 aromatic carbocycles. The van der Waals surface area contributed by atoms with Gasteiger partial charge in [-0.05, 0) is 31.0 Å². The Labute approximate surface area is 162 Å². The van der Waals surface area contributed by atoms with Gasteiger partial charge in [-0.3, -0.25) is 14.4 Å². The first-order chi connectivity index (χ1) is 13.4. The summed E-state index contributed by atoms with van der Waals surface area (Å²) >= 11 is 0. The third-order valence-corrected chi connectivity index (χ3v) is 4.45. The maximum Gasteiger partial charge on any atom is 0.322 e. The molecule has 0 bridgehead atoms. The molecule has 0 aliphatic rings. The Morgan fingerprint density at radius 1 is 1.14 bits per heavy atom. The van der Waals surface area contributed by atoms with E-state index < -0.39 is 36.4 Å². The summed E-state index contributed by atoms with van der Waals surface area (Å²) in [5.41, 5.74) is 13.1. The van der Waals surface area contributed by atoms with Crippen molar-refractivity contribution < 1.29 is 19.5 Å². The Balaban J connectivity index is 2.11. The summed E-state index contributed by atoms with van der Waals surface area (Å²) in [6.07, 6.45) is 3.91. The van der Waals surface area contributed by atoms with Crippen LogP contribution in [0.5, 0.6) is 0 Å². The summed E-state index contributed by atoms with van der Waals surface area (Å²) in [6.45, 7) is -0.00321. The summed E-state index contributed by atoms with van der Waals surface area (Å²) in [5, 5.41) is 14.7. The number of nitrogens with two attached hydrogens (primary N) is 2. The van der Waals surface area contributed by atoms with Crippen molar-refractivity contribution in [2.75, 3.05) is 13.1 Å². The van der Waals surface area contributed by atoms with Crippen molar-refractivity contribution in [1.82, 2.24) is 15.6 Å². The van der Waals surface area contributed by atoms with Crippen molar-refractivity contribution >= 4 is 28.7 Å². The molecule has 0 fully saturated rings. The highest BCUT2D eigenvalue weighted by Crippen LogP contribution is 2.19. The fourth-order valence-corrected chi connectivity index (χ4v) is 2.93. The van der Waals surface area contributed by atoms with Gasteiger partial charge >= 0.3 is 5.97 Å². The molecule has 0 saturated carbocycles. The predicted molar refractivity (Wildman–Crippen MR) is 105 cm³/mol. The third-order valence-electron chi connectivity index (χ3n) is 4.45. The molecule has 0 aliphatic heterocycles. The lowest BCUT2D eigenvalue weighted by molar-refractivity contribution is -0.138. The van der Waals surface area contributed by atoms with Gasteiger partial charge in [-0.1, -0.05) is 24.6 Å². The number of carboxylic acid groups (broad SMARTS) is 1. The Morgan fingerprint density at radius 3 is 2.61 bits per heavy atom. The van der Waals surface area contributed by atoms with E-state index in [2.05, 4.69) is 15.6 Å². The zero-order valence-electron chi connectivity index (χ0n) is 15.6. The fraction of sp³-hybridized carbons (Fsp3) is 0.421. The van der Waals surface area contributed by atoms with E-state index in [-0.39, 0.29) is 6.42 Å². The lowest BCUT2D eigenvalue weighted by Crippen LogP contribution is -2.53. The number of aromatic amines is 1. The van der Waals surface area contributed by atoms with Gasteiger partial charge in [-0.25, -0.2) is 0 Å². The van der Waals surface area contributed by atoms with E-state index in [9.17, 15) is 14.4 Å². The topological polar surface area (TPSA) is 163 Å². The van der Waals surface area contributed by atoms with Crippen LogP contribution in [0.4, 0.5) is 0 Å². The summed E-state index contributed by atoms with van der Waals surface area (Å²) in [5.74, 6) is -2.19. The highest BCUT2D eigenvalue weighted by molar-refractivity contribution is 5.92. The van der Waals surface area contributed by atoms with Crippen LogP contribution in [-0.2, 0) is 20.8 Å². The molecule has 0 saturated heterocycles. The summed E-state index contributed by atoms with van der Waals surface area (Å²) in [7, 11) is 0. The van der Waals surface area contributed by atoms with Crippen LogP contribution in [0.25, 0.3) is 10.9 Å². The molecule has 2 amide bonds. The first kappa shape index (κ1) is 21.4. The average Bonchev–Trinajstić information content (AvgIpc) is 3.08. The number of hydrogen-bond donors (Lipinski definition) is 6. The Hall–Kier alpha value is -2.91. The predicted octanol–water partition coefficient (Wildman–Crippen LogP) is -0.148. The molecule has 0 spiro atoms. The standard InChI is InChI=1S/C19H27N5O4/c20-8-4-3-6-14(21)18(27)24-16(19(28)23-11-17(25)26)9-12-10-22-15-7-2-1-5-13(12)15/h1-2,5,7,10,14,16,22H,3-4,6,8-9,11,20-21H2,(H,23,28)(H,24,27)(H,25,26). The maximum absolute atomic E-state index is 12.5. The number of fused-ring (bicyclic) bond motifs is 1. The number of unbranched alkanes of at least 4 members (excludes halogenated alkanes) is 1. The van der Waals surface area contributed by atoms with E-state index in [1.807, 2.05) is 24.3 Å². The molecular weight excluding hydrogens is 362 g/mol. The number of aliphatic carboxylic acids is 1. The Kier molecular flexibility index (Phi) is 7.97. The Bertz CT molecular complexity index is 820. The van der Waals surface area contributed by atoms with Gasteiger partial charge < -0.3 is 32.2 Å². The molecule has 1 aromatic heterocycles. The normalized spacial score (nSPS) is 13.1. The quantitative estimate of drug-likeness (QED) is 0.293. The van der Waals surface area contributed by atoms with E-state index in [0.717, 1.165) is 22.9 Å². The smallest absolute Gasteiger partial charge is 0.322 e. The number of para-hydroxylation sites is 1. The highest BCUT2D eigenvalue weighted by Gasteiger charge is 2.25. The van der Waals surface area contributed by atoms with Crippen LogP contribution in [0.3, 0.4) is 0 Å². The molecular formula is C19H27N5O4. The molecule has 9 heteroatoms. The van der Waals surface area contributed by atoms with Crippen molar-refractivity contribution in [1.29, 1.82) is 0 Å². The fourth-order valence-electron chi connectivity index (χ4n) is 2.93. The van der Waals surface area contributed by atoms with E-state index >= 15 is 0 Å². The van der Waals surface area contributed by atoms with E-state index in [0.29, 0.717) is 19.4 Å². The zero-order chi connectivity index (χ0) is 20.5. The van der Waals surface area contributed by atoms with Crippen LogP contribution in [0.1, 0.15) is 24.8 Å². The first-order valence-electron chi connectivity index (χ1n) is 9.23. The second kappa shape index (κ2) is 10.4. The molecule has 8 N–H and O–H groups in total. The summed E-state index contributed by atoms with van der Waals surface area (Å²) in [4.78, 5) is 38.8. The molecule has 152 valence electrons. The van der Waals surface area contributed by atoms with Crippen LogP contribution < -0.4 is 22.1 Å². The molecule has 28 heavy (non-hydrogen) atoms. The van der Waals surface area contributed by atoms with Crippen LogP contribution in [-0.4, -0.2) is 53.0 Å². The van der Waals surface area contributed by atoms with Crippen LogP contribution in [0, 0.1) is 0 Å². The van der Waals surface area contributed by atoms with E-state index in [1.165, 1.54) is 0 Å². The van der Waals surface area contributed by atoms with Crippen molar-refractivity contribution in [3.63, 3.8) is 0 Å². The number of hydrogen-bond acceptors (Lipinski definition) is 5. The lowest BCUT2D eigenvalue weighted by atomic mass is 10.0. The molecule has 2 aromatic rings. The number of carbonyl (C=O) groups is 3. The zero-order valence-corrected chi connectivity index (χ0v) is 15.6. The number of nitrogens with one attached hydrogen (secondary N) is 3. The van der Waals surface area contributed by atoms with Gasteiger partial charge in [0.05, 0.1) is 6.04 Å². The lowest BCUT2D eigenvalue weighted by Gasteiger charge is -2.20. The average molecular weight is 389 g/mol. The SMILES string of the molecule is NCCCCC(N)C(=O)NC(Cc1c[nH]c2ccccc12)C(=O)NCC(=O)O. The molecule has 1 heterocycles. The third kappa shape index (κ3) is 6.07. The monoisotopic (exact) mass is 389 g/mol. The minimum atomic E-state index is -1.16. The largest absolute Gasteiger partial charge is 0.480 e. The number of carbonyl (C=O) groups excluding carboxylic acids is 2. The molecule has 2 atom stereocenters. The van der Waals surface area contributed by atoms with Crippen molar-refractivity contribution in [3.05, 3.63) is 36.0 Å². The summed E-state index contributed by atoms with van der Waals surface area (Å²) in [6, 6.07) is 5.89. The Morgan fingerprint density at radius 2 is 1.89 bits per heavy atom. The first-order valence-corrected chi connectivity index (χ1v) is 9.23. The highest BCUT2D eigenvalue weighted by atomic mass is 16.4. The van der Waals surface area contributed by atoms with Gasteiger partial charge in [0.1, 0.15) is 12.6 Å². The number of amides is 2. The number of aromatic nitrogens is 1. The minimum Gasteiger partial charge on any atom is -0.480 e. The number of carboxylic acids is 1. The molecule has 9 nitrogen and oxygen atoms in total. The molecule has 0 aliphatic carbocycles. The van der Waals surface area contributed by atoms with Gasteiger partial charge in [0.15, 0.2) is 0 Å². The minimum absolute atomic E-state index is 0.205. The number of rotatable bonds is 11. The number of H-pyrrole nitrogens is 1. The van der Waals surface area contributed by atoms with Gasteiger partial charge in [0.25, 0.3) is 0 Å². The van der Waals surface area contributed by atoms with Gasteiger partial charge in [0.2, 0.25) is 11.8 Å². The maximum atomic E-state index is 12.5. The van der Waals surface area contributed by atoms with E-state index in [4.69, 9.17) is 16.6 Å². The van der Waals surface area contributed by atoms with E-state index in [1.54, 1.807) is 6.20 Å². The van der Waals surface area contributed by atoms with Gasteiger partial charge in [-0.2, -0.15) is 0 Å². The van der Waals surface area contributed by atoms with Crippen molar-refractivity contribution in [3.8, 4) is 0 Å². The molecule has 2 unspecified atom stereocenters. The van der Waals surface area contributed by atoms with Crippen LogP contribution in [0.2, 0.25) is 0 Å². The van der Waals surface area contributed by atoms with Crippen LogP contribution >= 0.6 is 0 Å². The molecule has 2 rings (SSSR count). The number of benzene rings is 1. The van der Waals surface area contributed by atoms with Crippen LogP contribution in [0.15, 0.2) is 30.5 Å². The van der Waals surface area contributed by atoms with Crippen molar-refractivity contribution in [2.24, 2.45) is 11.5 Å². The second-order valence-electron chi connectivity index (χ2n) is 6.63.